The lowest BCUT2D eigenvalue weighted by Crippen LogP contribution is -2.26. The Balaban J connectivity index is 1.39. The molecule has 2 aromatic rings. The van der Waals surface area contributed by atoms with Crippen LogP contribution in [-0.2, 0) is 16.1 Å². The van der Waals surface area contributed by atoms with Gasteiger partial charge in [0.25, 0.3) is 0 Å². The number of fused-ring (bicyclic) bond motifs is 2. The molecule has 3 atom stereocenters. The van der Waals surface area contributed by atoms with Crippen molar-refractivity contribution >= 4 is 27.3 Å². The maximum Gasteiger partial charge on any atom is 0.226 e. The van der Waals surface area contributed by atoms with E-state index in [1.165, 1.54) is 10.1 Å². The van der Waals surface area contributed by atoms with Crippen LogP contribution in [-0.4, -0.2) is 18.6 Å². The van der Waals surface area contributed by atoms with Crippen LogP contribution in [0.4, 0.5) is 0 Å². The van der Waals surface area contributed by atoms with Crippen LogP contribution in [0.25, 0.3) is 10.1 Å². The number of nitrogens with one attached hydrogen (secondary N) is 1. The Labute approximate surface area is 121 Å². The van der Waals surface area contributed by atoms with Gasteiger partial charge >= 0.3 is 0 Å². The standard InChI is InChI=1S/C16H17NO2S/c18-16(14-12-2-1-6-19-15(12)14)17-9-10-3-4-13-11(8-10)5-7-20-13/h3-5,7-8,12,14-15H,1-2,6,9H2,(H,17,18)/t12-,14-,15+/m1/s1. The summed E-state index contributed by atoms with van der Waals surface area (Å²) in [6, 6.07) is 8.49. The first kappa shape index (κ1) is 12.4. The lowest BCUT2D eigenvalue weighted by Gasteiger charge is -2.07. The van der Waals surface area contributed by atoms with Gasteiger partial charge in [0.1, 0.15) is 0 Å². The molecule has 0 unspecified atom stereocenters. The molecular formula is C16H17NO2S. The van der Waals surface area contributed by atoms with Gasteiger partial charge in [0.2, 0.25) is 5.91 Å². The fraction of sp³-hybridized carbons (Fsp3) is 0.438. The lowest BCUT2D eigenvalue weighted by atomic mass is 10.1. The Kier molecular flexibility index (Phi) is 3.00. The maximum absolute atomic E-state index is 12.2. The quantitative estimate of drug-likeness (QED) is 0.942. The van der Waals surface area contributed by atoms with Crippen LogP contribution in [0.1, 0.15) is 18.4 Å². The predicted octanol–water partition coefficient (Wildman–Crippen LogP) is 2.94. The van der Waals surface area contributed by atoms with Crippen molar-refractivity contribution in [3.05, 3.63) is 35.2 Å². The number of hydrogen-bond donors (Lipinski definition) is 1. The van der Waals surface area contributed by atoms with E-state index in [9.17, 15) is 4.79 Å². The molecule has 4 rings (SSSR count). The normalized spacial score (nSPS) is 28.1. The van der Waals surface area contributed by atoms with Gasteiger partial charge in [0, 0.05) is 23.8 Å². The summed E-state index contributed by atoms with van der Waals surface area (Å²) in [5.74, 6) is 0.734. The van der Waals surface area contributed by atoms with Crippen molar-refractivity contribution in [1.29, 1.82) is 0 Å². The fourth-order valence-corrected chi connectivity index (χ4v) is 4.00. The number of carbonyl (C=O) groups excluding carboxylic acids is 1. The molecule has 1 N–H and O–H groups in total. The number of ether oxygens (including phenoxy) is 1. The third-order valence-corrected chi connectivity index (χ3v) is 5.27. The number of thiophene rings is 1. The fourth-order valence-electron chi connectivity index (χ4n) is 3.23. The molecule has 1 aliphatic carbocycles. The molecule has 0 radical (unpaired) electrons. The van der Waals surface area contributed by atoms with Crippen molar-refractivity contribution in [2.75, 3.05) is 6.61 Å². The highest BCUT2D eigenvalue weighted by Crippen LogP contribution is 2.47. The molecule has 20 heavy (non-hydrogen) atoms. The van der Waals surface area contributed by atoms with Crippen molar-refractivity contribution < 1.29 is 9.53 Å². The first-order valence-corrected chi connectivity index (χ1v) is 8.06. The van der Waals surface area contributed by atoms with Crippen LogP contribution in [0.15, 0.2) is 29.6 Å². The van der Waals surface area contributed by atoms with E-state index < -0.39 is 0 Å². The zero-order valence-electron chi connectivity index (χ0n) is 11.2. The molecule has 3 nitrogen and oxygen atoms in total. The molecule has 4 heteroatoms. The molecule has 1 saturated heterocycles. The van der Waals surface area contributed by atoms with Crippen molar-refractivity contribution in [3.63, 3.8) is 0 Å². The Bertz CT molecular complexity index is 639. The van der Waals surface area contributed by atoms with Crippen molar-refractivity contribution in [2.24, 2.45) is 11.8 Å². The third-order valence-electron chi connectivity index (χ3n) is 4.37. The number of hydrogen-bond acceptors (Lipinski definition) is 3. The van der Waals surface area contributed by atoms with Crippen molar-refractivity contribution in [3.8, 4) is 0 Å². The highest BCUT2D eigenvalue weighted by Gasteiger charge is 2.56. The molecule has 1 aromatic carbocycles. The number of carbonyl (C=O) groups is 1. The van der Waals surface area contributed by atoms with E-state index in [4.69, 9.17) is 4.74 Å². The van der Waals surface area contributed by atoms with E-state index in [0.29, 0.717) is 12.5 Å². The first-order chi connectivity index (χ1) is 9.83. The molecular weight excluding hydrogens is 270 g/mol. The highest BCUT2D eigenvalue weighted by molar-refractivity contribution is 7.17. The molecule has 0 bridgehead atoms. The molecule has 0 spiro atoms. The summed E-state index contributed by atoms with van der Waals surface area (Å²) < 4.78 is 6.92. The smallest absolute Gasteiger partial charge is 0.226 e. The van der Waals surface area contributed by atoms with Crippen LogP contribution in [0.3, 0.4) is 0 Å². The summed E-state index contributed by atoms with van der Waals surface area (Å²) in [6.07, 6.45) is 2.44. The second-order valence-electron chi connectivity index (χ2n) is 5.68. The summed E-state index contributed by atoms with van der Waals surface area (Å²) in [6.45, 7) is 1.43. The number of benzene rings is 1. The molecule has 2 heterocycles. The van der Waals surface area contributed by atoms with Crippen molar-refractivity contribution in [1.82, 2.24) is 5.32 Å². The zero-order chi connectivity index (χ0) is 13.5. The largest absolute Gasteiger partial charge is 0.377 e. The van der Waals surface area contributed by atoms with Crippen LogP contribution in [0, 0.1) is 11.8 Å². The van der Waals surface area contributed by atoms with Gasteiger partial charge in [0.15, 0.2) is 0 Å². The monoisotopic (exact) mass is 287 g/mol. The lowest BCUT2D eigenvalue weighted by molar-refractivity contribution is -0.123. The minimum Gasteiger partial charge on any atom is -0.377 e. The van der Waals surface area contributed by atoms with Crippen LogP contribution < -0.4 is 5.32 Å². The Morgan fingerprint density at radius 1 is 1.40 bits per heavy atom. The van der Waals surface area contributed by atoms with Gasteiger partial charge in [-0.1, -0.05) is 6.07 Å². The third kappa shape index (κ3) is 2.13. The van der Waals surface area contributed by atoms with Gasteiger partial charge in [-0.3, -0.25) is 4.79 Å². The molecule has 2 fully saturated rings. The van der Waals surface area contributed by atoms with Gasteiger partial charge in [-0.05, 0) is 47.4 Å². The minimum atomic E-state index is 0.0994. The van der Waals surface area contributed by atoms with E-state index in [0.717, 1.165) is 25.0 Å². The number of rotatable bonds is 3. The summed E-state index contributed by atoms with van der Waals surface area (Å²) >= 11 is 1.74. The predicted molar refractivity (Wildman–Crippen MR) is 79.6 cm³/mol. The second-order valence-corrected chi connectivity index (χ2v) is 6.63. The molecule has 1 aliphatic heterocycles. The van der Waals surface area contributed by atoms with Crippen LogP contribution in [0.2, 0.25) is 0 Å². The summed E-state index contributed by atoms with van der Waals surface area (Å²) in [7, 11) is 0. The molecule has 2 aliphatic rings. The minimum absolute atomic E-state index is 0.0994. The average Bonchev–Trinajstić information content (AvgIpc) is 3.03. The Hall–Kier alpha value is -1.39. The second kappa shape index (κ2) is 4.86. The average molecular weight is 287 g/mol. The SMILES string of the molecule is O=C(NCc1ccc2sccc2c1)[C@@H]1[C@H]2CCCO[C@@H]21. The van der Waals surface area contributed by atoms with E-state index >= 15 is 0 Å². The van der Waals surface area contributed by atoms with Gasteiger partial charge in [-0.2, -0.15) is 0 Å². The molecule has 1 amide bonds. The summed E-state index contributed by atoms with van der Waals surface area (Å²) in [4.78, 5) is 12.2. The first-order valence-electron chi connectivity index (χ1n) is 7.18. The summed E-state index contributed by atoms with van der Waals surface area (Å²) in [5, 5.41) is 6.41. The highest BCUT2D eigenvalue weighted by atomic mass is 32.1. The zero-order valence-corrected chi connectivity index (χ0v) is 12.0. The topological polar surface area (TPSA) is 38.3 Å². The number of amides is 1. The Morgan fingerprint density at radius 2 is 2.35 bits per heavy atom. The van der Waals surface area contributed by atoms with Gasteiger partial charge in [-0.25, -0.2) is 0 Å². The van der Waals surface area contributed by atoms with E-state index in [1.54, 1.807) is 11.3 Å². The summed E-state index contributed by atoms with van der Waals surface area (Å²) in [5.41, 5.74) is 1.16. The van der Waals surface area contributed by atoms with Crippen LogP contribution in [0.5, 0.6) is 0 Å². The Morgan fingerprint density at radius 3 is 3.20 bits per heavy atom. The molecule has 1 aromatic heterocycles. The van der Waals surface area contributed by atoms with Crippen LogP contribution >= 0.6 is 11.3 Å². The van der Waals surface area contributed by atoms with Gasteiger partial charge in [0.05, 0.1) is 12.0 Å². The van der Waals surface area contributed by atoms with E-state index in [1.807, 2.05) is 0 Å². The maximum atomic E-state index is 12.2. The van der Waals surface area contributed by atoms with Crippen molar-refractivity contribution in [2.45, 2.75) is 25.5 Å². The van der Waals surface area contributed by atoms with E-state index in [2.05, 4.69) is 35.0 Å². The van der Waals surface area contributed by atoms with Gasteiger partial charge in [-0.15, -0.1) is 11.3 Å². The van der Waals surface area contributed by atoms with E-state index in [-0.39, 0.29) is 17.9 Å². The van der Waals surface area contributed by atoms with Gasteiger partial charge < -0.3 is 10.1 Å². The molecule has 104 valence electrons. The molecule has 1 saturated carbocycles.